The van der Waals surface area contributed by atoms with E-state index in [-0.39, 0.29) is 36.3 Å². The number of amides is 1. The molecule has 0 fully saturated rings. The highest BCUT2D eigenvalue weighted by atomic mass is 19.1. The third kappa shape index (κ3) is 5.37. The topological polar surface area (TPSA) is 151 Å². The van der Waals surface area contributed by atoms with Crippen LogP contribution in [0, 0.1) is 11.2 Å². The first kappa shape index (κ1) is 24.5. The molecular weight excluding hydrogens is 469 g/mol. The lowest BCUT2D eigenvalue weighted by Gasteiger charge is -2.23. The first-order valence-corrected chi connectivity index (χ1v) is 10.9. The number of anilines is 2. The Hall–Kier alpha value is -4.61. The average Bonchev–Trinajstić information content (AvgIpc) is 3.51. The zero-order valence-electron chi connectivity index (χ0n) is 19.9. The number of aromatic nitrogens is 5. The van der Waals surface area contributed by atoms with Gasteiger partial charge in [0.15, 0.2) is 11.6 Å². The highest BCUT2D eigenvalue weighted by Crippen LogP contribution is 2.27. The van der Waals surface area contributed by atoms with Crippen LogP contribution in [-0.2, 0) is 20.9 Å². The molecule has 3 aromatic heterocycles. The minimum atomic E-state index is -1.01. The fraction of sp³-hybridized carbons (Fsp3) is 0.250. The Bertz CT molecular complexity index is 1400. The third-order valence-electron chi connectivity index (χ3n) is 5.30. The molecule has 4 aromatic rings. The molecule has 186 valence electrons. The molecule has 1 aromatic carbocycles. The van der Waals surface area contributed by atoms with Gasteiger partial charge in [0.2, 0.25) is 5.91 Å². The van der Waals surface area contributed by atoms with Crippen molar-refractivity contribution < 1.29 is 23.2 Å². The molecule has 0 saturated heterocycles. The van der Waals surface area contributed by atoms with Crippen LogP contribution in [-0.4, -0.2) is 43.4 Å². The maximum Gasteiger partial charge on any atom is 0.302 e. The number of benzene rings is 1. The highest BCUT2D eigenvalue weighted by molar-refractivity contribution is 5.97. The highest BCUT2D eigenvalue weighted by Gasteiger charge is 2.30. The Morgan fingerprint density at radius 1 is 1.22 bits per heavy atom. The molecular formula is C24H24FN7O4. The molecule has 12 heteroatoms. The van der Waals surface area contributed by atoms with Gasteiger partial charge in [-0.25, -0.2) is 14.4 Å². The number of hydrogen-bond donors (Lipinski definition) is 2. The van der Waals surface area contributed by atoms with Crippen LogP contribution < -0.4 is 11.1 Å². The second kappa shape index (κ2) is 9.94. The number of nitrogens with zero attached hydrogens (tertiary/aromatic N) is 5. The normalized spacial score (nSPS) is 11.3. The number of nitrogens with one attached hydrogen (secondary N) is 1. The van der Waals surface area contributed by atoms with Gasteiger partial charge in [-0.3, -0.25) is 14.3 Å². The number of ether oxygens (including phenoxy) is 1. The first-order chi connectivity index (χ1) is 17.1. The van der Waals surface area contributed by atoms with E-state index >= 15 is 0 Å². The van der Waals surface area contributed by atoms with E-state index in [1.807, 2.05) is 0 Å². The number of nitrogens with two attached hydrogens (primary N) is 1. The lowest BCUT2D eigenvalue weighted by molar-refractivity contribution is -0.146. The van der Waals surface area contributed by atoms with E-state index in [2.05, 4.69) is 25.5 Å². The van der Waals surface area contributed by atoms with Gasteiger partial charge < -0.3 is 20.3 Å². The van der Waals surface area contributed by atoms with E-state index in [1.165, 1.54) is 25.5 Å². The van der Waals surface area contributed by atoms with Gasteiger partial charge in [-0.1, -0.05) is 23.4 Å². The van der Waals surface area contributed by atoms with E-state index in [4.69, 9.17) is 15.0 Å². The van der Waals surface area contributed by atoms with Crippen molar-refractivity contribution in [2.75, 3.05) is 17.7 Å². The number of esters is 1. The molecule has 0 spiro atoms. The number of carbonyl (C=O) groups is 2. The van der Waals surface area contributed by atoms with Crippen molar-refractivity contribution in [1.82, 2.24) is 24.9 Å². The van der Waals surface area contributed by atoms with Crippen LogP contribution in [0.2, 0.25) is 0 Å². The summed E-state index contributed by atoms with van der Waals surface area (Å²) >= 11 is 0. The Labute approximate surface area is 205 Å². The average molecular weight is 493 g/mol. The Kier molecular flexibility index (Phi) is 6.77. The molecule has 0 aliphatic heterocycles. The molecule has 0 aliphatic carbocycles. The summed E-state index contributed by atoms with van der Waals surface area (Å²) in [7, 11) is 0. The number of hydrogen-bond acceptors (Lipinski definition) is 9. The van der Waals surface area contributed by atoms with E-state index in [1.54, 1.807) is 48.9 Å². The van der Waals surface area contributed by atoms with Crippen LogP contribution >= 0.6 is 0 Å². The lowest BCUT2D eigenvalue weighted by Crippen LogP contribution is -2.35. The molecule has 0 unspecified atom stereocenters. The molecule has 0 radical (unpaired) electrons. The molecule has 0 atom stereocenters. The summed E-state index contributed by atoms with van der Waals surface area (Å²) in [6.45, 7) is 4.56. The van der Waals surface area contributed by atoms with Crippen LogP contribution in [0.4, 0.5) is 15.9 Å². The smallest absolute Gasteiger partial charge is 0.302 e. The van der Waals surface area contributed by atoms with Crippen LogP contribution in [0.3, 0.4) is 0 Å². The SMILES string of the molecule is CC(=O)OCC(C)(C)C(=O)Nc1cnc(-c2cc(-c3ccon3)n(Cc3ccccc3F)n2)nc1N. The number of nitrogen functional groups attached to an aromatic ring is 1. The summed E-state index contributed by atoms with van der Waals surface area (Å²) < 4.78 is 25.8. The Balaban J connectivity index is 1.60. The molecule has 3 N–H and O–H groups in total. The van der Waals surface area contributed by atoms with Crippen LogP contribution in [0.5, 0.6) is 0 Å². The molecule has 3 heterocycles. The van der Waals surface area contributed by atoms with Crippen molar-refractivity contribution in [1.29, 1.82) is 0 Å². The quantitative estimate of drug-likeness (QED) is 0.352. The van der Waals surface area contributed by atoms with Crippen molar-refractivity contribution in [3.8, 4) is 22.9 Å². The van der Waals surface area contributed by atoms with Gasteiger partial charge in [-0.15, -0.1) is 0 Å². The monoisotopic (exact) mass is 493 g/mol. The van der Waals surface area contributed by atoms with Gasteiger partial charge in [-0.2, -0.15) is 5.10 Å². The summed E-state index contributed by atoms with van der Waals surface area (Å²) in [6, 6.07) is 9.74. The number of carbonyl (C=O) groups excluding carboxylic acids is 2. The fourth-order valence-electron chi connectivity index (χ4n) is 3.24. The standard InChI is InChI=1S/C24H24FN7O4/c1-14(33)35-13-24(2,3)23(34)28-19-11-27-22(29-21(19)26)18-10-20(17-8-9-36-31-17)32(30-18)12-15-6-4-5-7-16(15)25/h4-11H,12-13H2,1-3H3,(H,28,34)(H2,26,27,29). The van der Waals surface area contributed by atoms with Crippen molar-refractivity contribution in [2.24, 2.45) is 5.41 Å². The minimum absolute atomic E-state index is 0.0169. The fourth-order valence-corrected chi connectivity index (χ4v) is 3.24. The second-order valence-electron chi connectivity index (χ2n) is 8.66. The van der Waals surface area contributed by atoms with E-state index in [0.29, 0.717) is 22.6 Å². The minimum Gasteiger partial charge on any atom is -0.465 e. The van der Waals surface area contributed by atoms with Crippen molar-refractivity contribution >= 4 is 23.4 Å². The zero-order chi connectivity index (χ0) is 25.9. The second-order valence-corrected chi connectivity index (χ2v) is 8.66. The van der Waals surface area contributed by atoms with Crippen molar-refractivity contribution in [3.63, 3.8) is 0 Å². The van der Waals surface area contributed by atoms with Gasteiger partial charge in [0.05, 0.1) is 23.9 Å². The van der Waals surface area contributed by atoms with E-state index in [0.717, 1.165) is 0 Å². The first-order valence-electron chi connectivity index (χ1n) is 10.9. The molecule has 0 saturated carbocycles. The summed E-state index contributed by atoms with van der Waals surface area (Å²) in [6.07, 6.45) is 2.79. The zero-order valence-corrected chi connectivity index (χ0v) is 19.9. The molecule has 36 heavy (non-hydrogen) atoms. The van der Waals surface area contributed by atoms with E-state index < -0.39 is 17.3 Å². The number of halogens is 1. The summed E-state index contributed by atoms with van der Waals surface area (Å²) in [5, 5.41) is 11.2. The lowest BCUT2D eigenvalue weighted by atomic mass is 9.93. The van der Waals surface area contributed by atoms with Crippen LogP contribution in [0.1, 0.15) is 26.3 Å². The summed E-state index contributed by atoms with van der Waals surface area (Å²) in [5.41, 5.74) is 7.15. The van der Waals surface area contributed by atoms with Crippen molar-refractivity contribution in [3.05, 3.63) is 60.2 Å². The summed E-state index contributed by atoms with van der Waals surface area (Å²) in [4.78, 5) is 32.3. The molecule has 0 bridgehead atoms. The third-order valence-corrected chi connectivity index (χ3v) is 5.30. The Morgan fingerprint density at radius 2 is 2.00 bits per heavy atom. The van der Waals surface area contributed by atoms with E-state index in [9.17, 15) is 14.0 Å². The predicted molar refractivity (Wildman–Crippen MR) is 128 cm³/mol. The predicted octanol–water partition coefficient (Wildman–Crippen LogP) is 3.29. The van der Waals surface area contributed by atoms with Gasteiger partial charge in [0.1, 0.15) is 35.8 Å². The van der Waals surface area contributed by atoms with Crippen LogP contribution in [0.25, 0.3) is 22.9 Å². The Morgan fingerprint density at radius 3 is 2.67 bits per heavy atom. The largest absolute Gasteiger partial charge is 0.465 e. The van der Waals surface area contributed by atoms with Gasteiger partial charge in [0.25, 0.3) is 0 Å². The molecule has 1 amide bonds. The van der Waals surface area contributed by atoms with Crippen LogP contribution in [0.15, 0.2) is 53.4 Å². The van der Waals surface area contributed by atoms with Gasteiger partial charge in [-0.05, 0) is 26.0 Å². The maximum atomic E-state index is 14.3. The molecule has 4 rings (SSSR count). The maximum absolute atomic E-state index is 14.3. The number of rotatable bonds is 8. The molecule has 0 aliphatic rings. The van der Waals surface area contributed by atoms with Gasteiger partial charge in [0, 0.05) is 18.6 Å². The molecule has 11 nitrogen and oxygen atoms in total. The van der Waals surface area contributed by atoms with Gasteiger partial charge >= 0.3 is 5.97 Å². The summed E-state index contributed by atoms with van der Waals surface area (Å²) in [5.74, 6) is -1.06. The van der Waals surface area contributed by atoms with Crippen molar-refractivity contribution in [2.45, 2.75) is 27.3 Å².